The van der Waals surface area contributed by atoms with Gasteiger partial charge in [-0.2, -0.15) is 0 Å². The molecule has 0 heterocycles. The molecule has 1 aromatic carbocycles. The summed E-state index contributed by atoms with van der Waals surface area (Å²) in [5, 5.41) is 6.77. The molecule has 1 amide bonds. The van der Waals surface area contributed by atoms with Crippen molar-refractivity contribution in [3.63, 3.8) is 0 Å². The van der Waals surface area contributed by atoms with Crippen LogP contribution in [0.15, 0.2) is 18.2 Å². The molecular formula is C20H26ClF3N2O. The maximum absolute atomic E-state index is 13.3. The van der Waals surface area contributed by atoms with Gasteiger partial charge >= 0.3 is 0 Å². The zero-order chi connectivity index (χ0) is 19.4. The Morgan fingerprint density at radius 2 is 1.81 bits per heavy atom. The molecule has 2 aliphatic carbocycles. The minimum absolute atomic E-state index is 0.00715. The summed E-state index contributed by atoms with van der Waals surface area (Å²) in [6.07, 6.45) is 3.91. The lowest BCUT2D eigenvalue weighted by molar-refractivity contribution is -0.121. The second-order valence-corrected chi connectivity index (χ2v) is 8.37. The summed E-state index contributed by atoms with van der Waals surface area (Å²) in [6.45, 7) is 0.767. The van der Waals surface area contributed by atoms with E-state index in [1.165, 1.54) is 12.1 Å². The van der Waals surface area contributed by atoms with E-state index < -0.39 is 11.7 Å². The predicted molar refractivity (Wildman–Crippen MR) is 99.6 cm³/mol. The SMILES string of the molecule is O=C(Cc1cc(F)cc(Cl)c1)N[C@H]1CCC(NCC2CCC(F)(F)CC2)C1. The molecule has 0 spiro atoms. The number of benzene rings is 1. The van der Waals surface area contributed by atoms with Gasteiger partial charge in [0.15, 0.2) is 0 Å². The highest BCUT2D eigenvalue weighted by Gasteiger charge is 2.35. The highest BCUT2D eigenvalue weighted by atomic mass is 35.5. The average Bonchev–Trinajstić information content (AvgIpc) is 3.00. The molecule has 3 rings (SSSR count). The fourth-order valence-corrected chi connectivity index (χ4v) is 4.36. The van der Waals surface area contributed by atoms with Gasteiger partial charge in [-0.25, -0.2) is 13.2 Å². The molecule has 0 aliphatic heterocycles. The van der Waals surface area contributed by atoms with Crippen molar-refractivity contribution in [2.45, 2.75) is 69.4 Å². The smallest absolute Gasteiger partial charge is 0.248 e. The van der Waals surface area contributed by atoms with Gasteiger partial charge in [-0.3, -0.25) is 4.79 Å². The quantitative estimate of drug-likeness (QED) is 0.736. The van der Waals surface area contributed by atoms with Gasteiger partial charge in [0.2, 0.25) is 11.8 Å². The van der Waals surface area contributed by atoms with E-state index in [1.54, 1.807) is 6.07 Å². The van der Waals surface area contributed by atoms with Crippen molar-refractivity contribution in [1.82, 2.24) is 10.6 Å². The minimum Gasteiger partial charge on any atom is -0.353 e. The molecule has 150 valence electrons. The van der Waals surface area contributed by atoms with Crippen molar-refractivity contribution in [3.8, 4) is 0 Å². The van der Waals surface area contributed by atoms with Gasteiger partial charge in [0.05, 0.1) is 6.42 Å². The molecule has 27 heavy (non-hydrogen) atoms. The molecule has 2 aliphatic rings. The molecule has 0 bridgehead atoms. The van der Waals surface area contributed by atoms with Crippen molar-refractivity contribution < 1.29 is 18.0 Å². The van der Waals surface area contributed by atoms with Crippen LogP contribution in [0.25, 0.3) is 0 Å². The number of alkyl halides is 2. The summed E-state index contributed by atoms with van der Waals surface area (Å²) in [7, 11) is 0. The van der Waals surface area contributed by atoms with E-state index in [4.69, 9.17) is 11.6 Å². The molecule has 0 aromatic heterocycles. The monoisotopic (exact) mass is 402 g/mol. The Morgan fingerprint density at radius 3 is 2.52 bits per heavy atom. The Labute approximate surface area is 163 Å². The van der Waals surface area contributed by atoms with Crippen molar-refractivity contribution in [1.29, 1.82) is 0 Å². The number of hydrogen-bond acceptors (Lipinski definition) is 2. The Kier molecular flexibility index (Phi) is 6.69. The summed E-state index contributed by atoms with van der Waals surface area (Å²) >= 11 is 5.82. The van der Waals surface area contributed by atoms with E-state index in [2.05, 4.69) is 10.6 Å². The molecule has 3 nitrogen and oxygen atoms in total. The van der Waals surface area contributed by atoms with E-state index in [9.17, 15) is 18.0 Å². The zero-order valence-corrected chi connectivity index (χ0v) is 16.0. The third-order valence-corrected chi connectivity index (χ3v) is 5.83. The van der Waals surface area contributed by atoms with Crippen molar-refractivity contribution in [3.05, 3.63) is 34.6 Å². The summed E-state index contributed by atoms with van der Waals surface area (Å²) in [5.74, 6) is -2.76. The molecular weight excluding hydrogens is 377 g/mol. The van der Waals surface area contributed by atoms with Crippen molar-refractivity contribution >= 4 is 17.5 Å². The van der Waals surface area contributed by atoms with Gasteiger partial charge in [0, 0.05) is 29.9 Å². The third kappa shape index (κ3) is 6.39. The second kappa shape index (κ2) is 8.82. The van der Waals surface area contributed by atoms with E-state index >= 15 is 0 Å². The fraction of sp³-hybridized carbons (Fsp3) is 0.650. The summed E-state index contributed by atoms with van der Waals surface area (Å²) in [4.78, 5) is 12.2. The van der Waals surface area contributed by atoms with Crippen molar-refractivity contribution in [2.75, 3.05) is 6.54 Å². The third-order valence-electron chi connectivity index (χ3n) is 5.62. The van der Waals surface area contributed by atoms with Gasteiger partial charge in [-0.15, -0.1) is 0 Å². The normalized spacial score (nSPS) is 25.5. The Bertz CT molecular complexity index is 640. The van der Waals surface area contributed by atoms with Crippen LogP contribution >= 0.6 is 11.6 Å². The van der Waals surface area contributed by atoms with Crippen LogP contribution in [0.4, 0.5) is 13.2 Å². The van der Waals surface area contributed by atoms with Crippen LogP contribution < -0.4 is 10.6 Å². The number of rotatable bonds is 6. The first-order valence-electron chi connectivity index (χ1n) is 9.64. The number of carbonyl (C=O) groups excluding carboxylic acids is 1. The molecule has 0 saturated heterocycles. The lowest BCUT2D eigenvalue weighted by Gasteiger charge is -2.29. The fourth-order valence-electron chi connectivity index (χ4n) is 4.11. The van der Waals surface area contributed by atoms with Gasteiger partial charge in [0.1, 0.15) is 5.82 Å². The molecule has 2 saturated carbocycles. The number of hydrogen-bond donors (Lipinski definition) is 2. The largest absolute Gasteiger partial charge is 0.353 e. The van der Waals surface area contributed by atoms with E-state index in [0.717, 1.165) is 25.8 Å². The Balaban J connectivity index is 1.37. The minimum atomic E-state index is -2.48. The Hall–Kier alpha value is -1.27. The summed E-state index contributed by atoms with van der Waals surface area (Å²) < 4.78 is 39.8. The van der Waals surface area contributed by atoms with Crippen LogP contribution in [0, 0.1) is 11.7 Å². The van der Waals surface area contributed by atoms with Crippen LogP contribution in [0.3, 0.4) is 0 Å². The average molecular weight is 403 g/mol. The molecule has 1 unspecified atom stereocenters. The first kappa shape index (κ1) is 20.5. The topological polar surface area (TPSA) is 41.1 Å². The van der Waals surface area contributed by atoms with Gasteiger partial charge < -0.3 is 10.6 Å². The molecule has 7 heteroatoms. The van der Waals surface area contributed by atoms with E-state index in [1.807, 2.05) is 0 Å². The summed E-state index contributed by atoms with van der Waals surface area (Å²) in [5.41, 5.74) is 0.555. The van der Waals surface area contributed by atoms with E-state index in [0.29, 0.717) is 30.4 Å². The highest BCUT2D eigenvalue weighted by Crippen LogP contribution is 2.36. The number of amides is 1. The van der Waals surface area contributed by atoms with Crippen molar-refractivity contribution in [2.24, 2.45) is 5.92 Å². The zero-order valence-electron chi connectivity index (χ0n) is 15.2. The lowest BCUT2D eigenvalue weighted by Crippen LogP contribution is -2.38. The van der Waals surface area contributed by atoms with Crippen LogP contribution in [0.5, 0.6) is 0 Å². The summed E-state index contributed by atoms with van der Waals surface area (Å²) in [6, 6.07) is 4.52. The lowest BCUT2D eigenvalue weighted by atomic mass is 9.86. The molecule has 1 aromatic rings. The first-order valence-corrected chi connectivity index (χ1v) is 10.0. The van der Waals surface area contributed by atoms with Gasteiger partial charge in [0.25, 0.3) is 0 Å². The molecule has 0 radical (unpaired) electrons. The highest BCUT2D eigenvalue weighted by molar-refractivity contribution is 6.30. The molecule has 2 N–H and O–H groups in total. The Morgan fingerprint density at radius 1 is 1.11 bits per heavy atom. The van der Waals surface area contributed by atoms with Gasteiger partial charge in [-0.05, 0) is 68.3 Å². The van der Waals surface area contributed by atoms with Crippen LogP contribution in [0.1, 0.15) is 50.5 Å². The van der Waals surface area contributed by atoms with Crippen LogP contribution in [0.2, 0.25) is 5.02 Å². The predicted octanol–water partition coefficient (Wildman–Crippen LogP) is 4.47. The maximum atomic E-state index is 13.3. The number of halogens is 4. The first-order chi connectivity index (χ1) is 12.8. The van der Waals surface area contributed by atoms with E-state index in [-0.39, 0.29) is 36.2 Å². The number of carbonyl (C=O) groups is 1. The molecule has 2 fully saturated rings. The molecule has 2 atom stereocenters. The standard InChI is InChI=1S/C20H26ClF3N2O/c21-15-7-14(8-16(22)10-15)9-19(27)26-18-2-1-17(11-18)25-12-13-3-5-20(23,24)6-4-13/h7-8,10,13,17-18,25H,1-6,9,11-12H2,(H,26,27)/t17?,18-/m0/s1. The number of nitrogens with one attached hydrogen (secondary N) is 2. The second-order valence-electron chi connectivity index (χ2n) is 7.94. The maximum Gasteiger partial charge on any atom is 0.248 e. The van der Waals surface area contributed by atoms with Gasteiger partial charge in [-0.1, -0.05) is 11.6 Å². The van der Waals surface area contributed by atoms with Crippen LogP contribution in [-0.2, 0) is 11.2 Å². The van der Waals surface area contributed by atoms with Crippen LogP contribution in [-0.4, -0.2) is 30.5 Å².